The molecule has 102 valence electrons. The van der Waals surface area contributed by atoms with Gasteiger partial charge in [0.05, 0.1) is 5.69 Å². The van der Waals surface area contributed by atoms with Crippen LogP contribution in [-0.2, 0) is 4.79 Å². The number of pyridine rings is 2. The van der Waals surface area contributed by atoms with Gasteiger partial charge in [0, 0.05) is 17.2 Å². The Kier molecular flexibility index (Phi) is 3.56. The Morgan fingerprint density at radius 1 is 1.00 bits per heavy atom. The van der Waals surface area contributed by atoms with Crippen LogP contribution in [0.25, 0.3) is 22.7 Å². The first-order valence-corrected chi connectivity index (χ1v) is 6.74. The molecule has 0 unspecified atom stereocenters. The largest absolute Gasteiger partial charge is 0.294 e. The molecule has 1 aromatic carbocycles. The molecule has 3 aromatic rings. The lowest BCUT2D eigenvalue weighted by atomic mass is 10.0. The van der Waals surface area contributed by atoms with Gasteiger partial charge < -0.3 is 0 Å². The molecule has 0 aliphatic carbocycles. The molecule has 0 N–H and O–H groups in total. The van der Waals surface area contributed by atoms with Crippen LogP contribution in [0.15, 0.2) is 60.8 Å². The van der Waals surface area contributed by atoms with E-state index < -0.39 is 0 Å². The summed E-state index contributed by atoms with van der Waals surface area (Å²) in [7, 11) is 0. The summed E-state index contributed by atoms with van der Waals surface area (Å²) in [5.74, 6) is -0.0124. The number of ketones is 1. The number of allylic oxidation sites excluding steroid dienone is 1. The first kappa shape index (κ1) is 13.2. The number of benzene rings is 1. The van der Waals surface area contributed by atoms with Gasteiger partial charge in [-0.1, -0.05) is 30.3 Å². The number of carbonyl (C=O) groups is 1. The first-order chi connectivity index (χ1) is 10.2. The van der Waals surface area contributed by atoms with E-state index in [4.69, 9.17) is 0 Å². The van der Waals surface area contributed by atoms with Gasteiger partial charge in [0.1, 0.15) is 0 Å². The minimum atomic E-state index is -0.0124. The molecule has 0 aliphatic heterocycles. The summed E-state index contributed by atoms with van der Waals surface area (Å²) in [6.45, 7) is 1.55. The smallest absolute Gasteiger partial charge is 0.161 e. The summed E-state index contributed by atoms with van der Waals surface area (Å²) < 4.78 is 0. The number of fused-ring (bicyclic) bond motifs is 1. The van der Waals surface area contributed by atoms with Crippen molar-refractivity contribution in [3.8, 4) is 0 Å². The van der Waals surface area contributed by atoms with Crippen molar-refractivity contribution in [2.75, 3.05) is 0 Å². The monoisotopic (exact) mass is 274 g/mol. The number of carbonyl (C=O) groups excluding carboxylic acids is 1. The highest BCUT2D eigenvalue weighted by atomic mass is 16.1. The van der Waals surface area contributed by atoms with Crippen molar-refractivity contribution >= 4 is 28.5 Å². The average molecular weight is 274 g/mol. The number of nitrogens with zero attached hydrogens (tertiary/aromatic N) is 2. The average Bonchev–Trinajstić information content (AvgIpc) is 2.53. The predicted octanol–water partition coefficient (Wildman–Crippen LogP) is 3.76. The summed E-state index contributed by atoms with van der Waals surface area (Å²) in [6.07, 6.45) is 3.56. The van der Waals surface area contributed by atoms with Gasteiger partial charge in [-0.15, -0.1) is 0 Å². The number of hydrogen-bond donors (Lipinski definition) is 0. The molecule has 0 amide bonds. The number of hydrogen-bond acceptors (Lipinski definition) is 3. The van der Waals surface area contributed by atoms with Crippen molar-refractivity contribution in [1.29, 1.82) is 0 Å². The zero-order valence-corrected chi connectivity index (χ0v) is 11.7. The van der Waals surface area contributed by atoms with Gasteiger partial charge in [0.25, 0.3) is 0 Å². The molecule has 2 aromatic heterocycles. The lowest BCUT2D eigenvalue weighted by molar-refractivity contribution is -0.111. The van der Waals surface area contributed by atoms with Crippen molar-refractivity contribution in [3.63, 3.8) is 0 Å². The van der Waals surface area contributed by atoms with Gasteiger partial charge in [0.15, 0.2) is 11.4 Å². The lowest BCUT2D eigenvalue weighted by Crippen LogP contribution is -1.99. The molecule has 0 bridgehead atoms. The van der Waals surface area contributed by atoms with Crippen LogP contribution >= 0.6 is 0 Å². The van der Waals surface area contributed by atoms with E-state index in [1.165, 1.54) is 0 Å². The van der Waals surface area contributed by atoms with Gasteiger partial charge in [-0.2, -0.15) is 0 Å². The topological polar surface area (TPSA) is 42.9 Å². The maximum atomic E-state index is 12.0. The highest BCUT2D eigenvalue weighted by molar-refractivity contribution is 6.23. The second-order valence-corrected chi connectivity index (χ2v) is 4.77. The van der Waals surface area contributed by atoms with Crippen LogP contribution in [0.2, 0.25) is 0 Å². The summed E-state index contributed by atoms with van der Waals surface area (Å²) >= 11 is 0. The number of Topliss-reactive ketones (excluding diaryl/α,β-unsaturated/α-hetero) is 1. The normalized spacial score (nSPS) is 11.6. The third-order valence-electron chi connectivity index (χ3n) is 3.23. The molecule has 0 fully saturated rings. The molecule has 0 atom stereocenters. The first-order valence-electron chi connectivity index (χ1n) is 6.74. The fourth-order valence-electron chi connectivity index (χ4n) is 2.17. The molecule has 3 nitrogen and oxygen atoms in total. The molecule has 21 heavy (non-hydrogen) atoms. The maximum Gasteiger partial charge on any atom is 0.161 e. The van der Waals surface area contributed by atoms with Crippen molar-refractivity contribution in [1.82, 2.24) is 9.97 Å². The van der Waals surface area contributed by atoms with Crippen molar-refractivity contribution in [3.05, 3.63) is 72.1 Å². The van der Waals surface area contributed by atoms with E-state index in [2.05, 4.69) is 9.97 Å². The third-order valence-corrected chi connectivity index (χ3v) is 3.23. The molecule has 0 aliphatic rings. The van der Waals surface area contributed by atoms with Crippen molar-refractivity contribution in [2.45, 2.75) is 6.92 Å². The van der Waals surface area contributed by atoms with Crippen LogP contribution in [-0.4, -0.2) is 15.8 Å². The zero-order chi connectivity index (χ0) is 14.7. The van der Waals surface area contributed by atoms with E-state index in [0.717, 1.165) is 10.9 Å². The summed E-state index contributed by atoms with van der Waals surface area (Å²) in [5.41, 5.74) is 2.87. The zero-order valence-electron chi connectivity index (χ0n) is 11.7. The second-order valence-electron chi connectivity index (χ2n) is 4.77. The molecule has 0 saturated carbocycles. The highest BCUT2D eigenvalue weighted by Crippen LogP contribution is 2.20. The Hall–Kier alpha value is -2.81. The minimum absolute atomic E-state index is 0.0124. The van der Waals surface area contributed by atoms with Crippen LogP contribution < -0.4 is 0 Å². The van der Waals surface area contributed by atoms with Gasteiger partial charge >= 0.3 is 0 Å². The second kappa shape index (κ2) is 5.67. The van der Waals surface area contributed by atoms with Crippen LogP contribution in [0.3, 0.4) is 0 Å². The molecule has 0 spiro atoms. The SMILES string of the molecule is CC(=O)/C(=C/c1ccccc1)c1ccc2cccnc2n1. The Labute approximate surface area is 123 Å². The van der Waals surface area contributed by atoms with Crippen molar-refractivity contribution < 1.29 is 4.79 Å². The molecular formula is C18H14N2O. The quantitative estimate of drug-likeness (QED) is 0.683. The Morgan fingerprint density at radius 2 is 1.81 bits per heavy atom. The van der Waals surface area contributed by atoms with E-state index in [1.807, 2.05) is 60.7 Å². The van der Waals surface area contributed by atoms with E-state index in [-0.39, 0.29) is 5.78 Å². The molecule has 0 saturated heterocycles. The molecular weight excluding hydrogens is 260 g/mol. The highest BCUT2D eigenvalue weighted by Gasteiger charge is 2.10. The molecule has 3 rings (SSSR count). The van der Waals surface area contributed by atoms with Gasteiger partial charge in [0.2, 0.25) is 0 Å². The van der Waals surface area contributed by atoms with Crippen LogP contribution in [0.1, 0.15) is 18.2 Å². The Bertz CT molecular complexity index is 823. The molecule has 2 heterocycles. The standard InChI is InChI=1S/C18H14N2O/c1-13(21)16(12-14-6-3-2-4-7-14)17-10-9-15-8-5-11-19-18(15)20-17/h2-12H,1H3/b16-12-. The summed E-state index contributed by atoms with van der Waals surface area (Å²) in [5, 5.41) is 0.962. The fraction of sp³-hybridized carbons (Fsp3) is 0.0556. The van der Waals surface area contributed by atoms with Crippen LogP contribution in [0, 0.1) is 0 Å². The van der Waals surface area contributed by atoms with E-state index in [9.17, 15) is 4.79 Å². The predicted molar refractivity (Wildman–Crippen MR) is 84.5 cm³/mol. The lowest BCUT2D eigenvalue weighted by Gasteiger charge is -2.05. The van der Waals surface area contributed by atoms with Gasteiger partial charge in [-0.05, 0) is 42.8 Å². The van der Waals surface area contributed by atoms with Crippen molar-refractivity contribution in [2.24, 2.45) is 0 Å². The van der Waals surface area contributed by atoms with E-state index in [0.29, 0.717) is 16.9 Å². The van der Waals surface area contributed by atoms with Gasteiger partial charge in [-0.3, -0.25) is 4.79 Å². The maximum absolute atomic E-state index is 12.0. The third kappa shape index (κ3) is 2.87. The van der Waals surface area contributed by atoms with Gasteiger partial charge in [-0.25, -0.2) is 9.97 Å². The van der Waals surface area contributed by atoms with E-state index >= 15 is 0 Å². The number of aromatic nitrogens is 2. The van der Waals surface area contributed by atoms with Crippen LogP contribution in [0.5, 0.6) is 0 Å². The minimum Gasteiger partial charge on any atom is -0.294 e. The Balaban J connectivity index is 2.11. The summed E-state index contributed by atoms with van der Waals surface area (Å²) in [4.78, 5) is 20.7. The fourth-order valence-corrected chi connectivity index (χ4v) is 2.17. The summed E-state index contributed by atoms with van der Waals surface area (Å²) in [6, 6.07) is 17.4. The van der Waals surface area contributed by atoms with E-state index in [1.54, 1.807) is 13.1 Å². The Morgan fingerprint density at radius 3 is 2.57 bits per heavy atom. The molecule has 3 heteroatoms. The number of rotatable bonds is 3. The molecule has 0 radical (unpaired) electrons. The van der Waals surface area contributed by atoms with Crippen LogP contribution in [0.4, 0.5) is 0 Å².